The normalized spacial score (nSPS) is 21.3. The molecule has 1 aliphatic heterocycles. The molecular formula is C12H21N5. The second kappa shape index (κ2) is 4.98. The molecule has 0 bridgehead atoms. The summed E-state index contributed by atoms with van der Waals surface area (Å²) in [7, 11) is 4.27. The molecule has 0 spiro atoms. The first kappa shape index (κ1) is 12.3. The summed E-state index contributed by atoms with van der Waals surface area (Å²) in [5.74, 6) is 1.40. The highest BCUT2D eigenvalue weighted by molar-refractivity contribution is 5.29. The van der Waals surface area contributed by atoms with E-state index < -0.39 is 0 Å². The van der Waals surface area contributed by atoms with Crippen molar-refractivity contribution in [2.24, 2.45) is 0 Å². The first-order chi connectivity index (χ1) is 8.04. The van der Waals surface area contributed by atoms with Crippen LogP contribution in [-0.4, -0.2) is 53.0 Å². The number of nitrogens with zero attached hydrogens (tertiary/aromatic N) is 4. The molecule has 5 heteroatoms. The van der Waals surface area contributed by atoms with Gasteiger partial charge in [-0.3, -0.25) is 4.90 Å². The molecule has 1 atom stereocenters. The Bertz CT molecular complexity index is 370. The first-order valence-corrected chi connectivity index (χ1v) is 6.03. The third-order valence-corrected chi connectivity index (χ3v) is 3.26. The fraction of sp³-hybridized carbons (Fsp3) is 0.667. The molecule has 0 aliphatic carbocycles. The van der Waals surface area contributed by atoms with Crippen molar-refractivity contribution in [2.45, 2.75) is 25.9 Å². The molecule has 94 valence electrons. The molecule has 1 aromatic heterocycles. The molecule has 2 N–H and O–H groups in total. The van der Waals surface area contributed by atoms with Crippen molar-refractivity contribution < 1.29 is 0 Å². The first-order valence-electron chi connectivity index (χ1n) is 6.03. The average Bonchev–Trinajstić information content (AvgIpc) is 2.64. The van der Waals surface area contributed by atoms with E-state index in [0.29, 0.717) is 11.9 Å². The number of likely N-dealkylation sites (tertiary alicyclic amines) is 1. The van der Waals surface area contributed by atoms with Gasteiger partial charge in [0.1, 0.15) is 11.6 Å². The van der Waals surface area contributed by atoms with E-state index in [1.165, 1.54) is 6.42 Å². The number of aromatic nitrogens is 2. The minimum Gasteiger partial charge on any atom is -0.384 e. The summed E-state index contributed by atoms with van der Waals surface area (Å²) in [4.78, 5) is 13.4. The van der Waals surface area contributed by atoms with Crippen molar-refractivity contribution in [3.63, 3.8) is 0 Å². The highest BCUT2D eigenvalue weighted by atomic mass is 15.2. The summed E-state index contributed by atoms with van der Waals surface area (Å²) < 4.78 is 0. The van der Waals surface area contributed by atoms with Crippen LogP contribution in [0.4, 0.5) is 5.82 Å². The summed E-state index contributed by atoms with van der Waals surface area (Å²) in [6, 6.07) is 2.45. The topological polar surface area (TPSA) is 58.3 Å². The van der Waals surface area contributed by atoms with Gasteiger partial charge in [0.05, 0.1) is 6.54 Å². The van der Waals surface area contributed by atoms with Crippen LogP contribution in [0.3, 0.4) is 0 Å². The number of likely N-dealkylation sites (N-methyl/N-ethyl adjacent to an activating group) is 1. The molecule has 0 aromatic carbocycles. The minimum absolute atomic E-state index is 0.566. The maximum atomic E-state index is 5.73. The zero-order valence-corrected chi connectivity index (χ0v) is 10.8. The Balaban J connectivity index is 1.98. The van der Waals surface area contributed by atoms with E-state index in [2.05, 4.69) is 33.9 Å². The number of rotatable bonds is 3. The fourth-order valence-corrected chi connectivity index (χ4v) is 2.30. The molecule has 5 nitrogen and oxygen atoms in total. The molecule has 2 rings (SSSR count). The zero-order valence-electron chi connectivity index (χ0n) is 10.8. The number of anilines is 1. The Kier molecular flexibility index (Phi) is 3.59. The maximum Gasteiger partial charge on any atom is 0.144 e. The SMILES string of the molecule is Cc1cc(N)nc(CN2CCC(N(C)C)C2)n1. The Hall–Kier alpha value is -1.20. The average molecular weight is 235 g/mol. The van der Waals surface area contributed by atoms with Gasteiger partial charge < -0.3 is 10.6 Å². The molecule has 1 aromatic rings. The van der Waals surface area contributed by atoms with Crippen LogP contribution < -0.4 is 5.73 Å². The van der Waals surface area contributed by atoms with Crippen LogP contribution in [0.5, 0.6) is 0 Å². The second-order valence-corrected chi connectivity index (χ2v) is 4.99. The van der Waals surface area contributed by atoms with Gasteiger partial charge in [-0.2, -0.15) is 0 Å². The van der Waals surface area contributed by atoms with Crippen LogP contribution in [0.2, 0.25) is 0 Å². The largest absolute Gasteiger partial charge is 0.384 e. The highest BCUT2D eigenvalue weighted by Gasteiger charge is 2.24. The molecule has 1 fully saturated rings. The van der Waals surface area contributed by atoms with Gasteiger partial charge in [0.15, 0.2) is 0 Å². The molecule has 0 amide bonds. The lowest BCUT2D eigenvalue weighted by atomic mass is 10.2. The van der Waals surface area contributed by atoms with Crippen LogP contribution in [0, 0.1) is 6.92 Å². The van der Waals surface area contributed by atoms with E-state index in [1.54, 1.807) is 6.07 Å². The number of nitrogen functional groups attached to an aromatic ring is 1. The smallest absolute Gasteiger partial charge is 0.144 e. The Labute approximate surface area is 103 Å². The predicted molar refractivity (Wildman–Crippen MR) is 68.6 cm³/mol. The van der Waals surface area contributed by atoms with Crippen molar-refractivity contribution in [1.29, 1.82) is 0 Å². The van der Waals surface area contributed by atoms with Crippen LogP contribution in [-0.2, 0) is 6.54 Å². The van der Waals surface area contributed by atoms with Crippen molar-refractivity contribution in [3.8, 4) is 0 Å². The van der Waals surface area contributed by atoms with Crippen molar-refractivity contribution in [1.82, 2.24) is 19.8 Å². The third-order valence-electron chi connectivity index (χ3n) is 3.26. The number of hydrogen-bond donors (Lipinski definition) is 1. The van der Waals surface area contributed by atoms with Crippen LogP contribution >= 0.6 is 0 Å². The van der Waals surface area contributed by atoms with Gasteiger partial charge in [0, 0.05) is 30.9 Å². The van der Waals surface area contributed by atoms with Crippen molar-refractivity contribution >= 4 is 5.82 Å². The van der Waals surface area contributed by atoms with E-state index in [4.69, 9.17) is 5.73 Å². The molecule has 2 heterocycles. The van der Waals surface area contributed by atoms with Crippen LogP contribution in [0.15, 0.2) is 6.07 Å². The number of hydrogen-bond acceptors (Lipinski definition) is 5. The lowest BCUT2D eigenvalue weighted by molar-refractivity contribution is 0.261. The molecule has 1 unspecified atom stereocenters. The Morgan fingerprint density at radius 3 is 2.82 bits per heavy atom. The molecule has 0 radical (unpaired) electrons. The minimum atomic E-state index is 0.566. The second-order valence-electron chi connectivity index (χ2n) is 4.99. The summed E-state index contributed by atoms with van der Waals surface area (Å²) >= 11 is 0. The molecule has 17 heavy (non-hydrogen) atoms. The van der Waals surface area contributed by atoms with E-state index in [9.17, 15) is 0 Å². The molecule has 0 saturated carbocycles. The van der Waals surface area contributed by atoms with E-state index in [0.717, 1.165) is 31.2 Å². The lowest BCUT2D eigenvalue weighted by Crippen LogP contribution is -2.31. The van der Waals surface area contributed by atoms with E-state index in [1.807, 2.05) is 6.92 Å². The lowest BCUT2D eigenvalue weighted by Gasteiger charge is -2.19. The fourth-order valence-electron chi connectivity index (χ4n) is 2.30. The number of nitrogens with two attached hydrogens (primary N) is 1. The standard InChI is InChI=1S/C12H21N5/c1-9-6-11(13)15-12(14-9)8-17-5-4-10(7-17)16(2)3/h6,10H,4-5,7-8H2,1-3H3,(H2,13,14,15). The predicted octanol–water partition coefficient (Wildman–Crippen LogP) is 0.503. The van der Waals surface area contributed by atoms with Gasteiger partial charge in [-0.15, -0.1) is 0 Å². The van der Waals surface area contributed by atoms with Crippen LogP contribution in [0.25, 0.3) is 0 Å². The van der Waals surface area contributed by atoms with Gasteiger partial charge in [-0.25, -0.2) is 9.97 Å². The van der Waals surface area contributed by atoms with Crippen molar-refractivity contribution in [3.05, 3.63) is 17.6 Å². The van der Waals surface area contributed by atoms with Crippen molar-refractivity contribution in [2.75, 3.05) is 32.9 Å². The Morgan fingerprint density at radius 1 is 1.47 bits per heavy atom. The highest BCUT2D eigenvalue weighted by Crippen LogP contribution is 2.15. The van der Waals surface area contributed by atoms with Gasteiger partial charge in [-0.1, -0.05) is 0 Å². The third kappa shape index (κ3) is 3.14. The molecular weight excluding hydrogens is 214 g/mol. The van der Waals surface area contributed by atoms with Gasteiger partial charge in [0.2, 0.25) is 0 Å². The van der Waals surface area contributed by atoms with Gasteiger partial charge >= 0.3 is 0 Å². The molecule has 1 saturated heterocycles. The number of aryl methyl sites for hydroxylation is 1. The maximum absolute atomic E-state index is 5.73. The quantitative estimate of drug-likeness (QED) is 0.827. The summed E-state index contributed by atoms with van der Waals surface area (Å²) in [5.41, 5.74) is 6.67. The zero-order chi connectivity index (χ0) is 12.4. The van der Waals surface area contributed by atoms with Crippen LogP contribution in [0.1, 0.15) is 17.9 Å². The summed E-state index contributed by atoms with van der Waals surface area (Å²) in [6.45, 7) is 4.95. The van der Waals surface area contributed by atoms with E-state index in [-0.39, 0.29) is 0 Å². The van der Waals surface area contributed by atoms with Gasteiger partial charge in [-0.05, 0) is 27.4 Å². The van der Waals surface area contributed by atoms with Gasteiger partial charge in [0.25, 0.3) is 0 Å². The molecule has 1 aliphatic rings. The Morgan fingerprint density at radius 2 is 2.24 bits per heavy atom. The van der Waals surface area contributed by atoms with E-state index >= 15 is 0 Å². The monoisotopic (exact) mass is 235 g/mol. The summed E-state index contributed by atoms with van der Waals surface area (Å²) in [6.07, 6.45) is 1.22. The summed E-state index contributed by atoms with van der Waals surface area (Å²) in [5, 5.41) is 0.